The summed E-state index contributed by atoms with van der Waals surface area (Å²) in [5, 5.41) is 9.35. The normalized spacial score (nSPS) is 16.6. The molecule has 0 aliphatic carbocycles. The van der Waals surface area contributed by atoms with Crippen LogP contribution >= 0.6 is 0 Å². The van der Waals surface area contributed by atoms with Crippen LogP contribution in [-0.2, 0) is 4.79 Å². The Morgan fingerprint density at radius 2 is 1.45 bits per heavy atom. The highest BCUT2D eigenvalue weighted by atomic mass is 16.3. The zero-order chi connectivity index (χ0) is 16.4. The van der Waals surface area contributed by atoms with E-state index in [1.165, 1.54) is 6.92 Å². The molecule has 1 fully saturated rings. The first kappa shape index (κ1) is 16.5. The summed E-state index contributed by atoms with van der Waals surface area (Å²) in [4.78, 5) is 27.9. The lowest BCUT2D eigenvalue weighted by Crippen LogP contribution is -2.52. The molecule has 0 saturated carbocycles. The maximum Gasteiger partial charge on any atom is 0.254 e. The van der Waals surface area contributed by atoms with Gasteiger partial charge in [-0.1, -0.05) is 17.7 Å². The number of nitrogens with zero attached hydrogens (tertiary/aromatic N) is 2. The van der Waals surface area contributed by atoms with E-state index in [2.05, 4.69) is 0 Å². The first-order chi connectivity index (χ1) is 10.3. The zero-order valence-electron chi connectivity index (χ0n) is 13.7. The number of benzene rings is 1. The maximum atomic E-state index is 12.7. The molecule has 5 nitrogen and oxygen atoms in total. The smallest absolute Gasteiger partial charge is 0.254 e. The van der Waals surface area contributed by atoms with Gasteiger partial charge in [0.25, 0.3) is 11.8 Å². The van der Waals surface area contributed by atoms with Crippen molar-refractivity contribution < 1.29 is 14.7 Å². The van der Waals surface area contributed by atoms with Gasteiger partial charge in [-0.05, 0) is 38.8 Å². The Morgan fingerprint density at radius 1 is 1.00 bits per heavy atom. The summed E-state index contributed by atoms with van der Waals surface area (Å²) in [7, 11) is 0. The van der Waals surface area contributed by atoms with Crippen molar-refractivity contribution in [1.82, 2.24) is 9.80 Å². The molecule has 2 amide bonds. The topological polar surface area (TPSA) is 60.9 Å². The Hall–Kier alpha value is -1.88. The summed E-state index contributed by atoms with van der Waals surface area (Å²) >= 11 is 0. The number of rotatable bonds is 2. The lowest BCUT2D eigenvalue weighted by Gasteiger charge is -2.35. The lowest BCUT2D eigenvalue weighted by molar-refractivity contribution is -0.140. The highest BCUT2D eigenvalue weighted by Gasteiger charge is 2.27. The van der Waals surface area contributed by atoms with Crippen molar-refractivity contribution in [2.75, 3.05) is 26.2 Å². The van der Waals surface area contributed by atoms with Gasteiger partial charge in [-0.25, -0.2) is 0 Å². The number of aryl methyl sites for hydroxylation is 3. The van der Waals surface area contributed by atoms with Crippen LogP contribution in [0.4, 0.5) is 0 Å². The van der Waals surface area contributed by atoms with Crippen molar-refractivity contribution in [3.63, 3.8) is 0 Å². The van der Waals surface area contributed by atoms with E-state index in [9.17, 15) is 14.7 Å². The Bertz CT molecular complexity index is 565. The minimum atomic E-state index is -0.983. The van der Waals surface area contributed by atoms with Gasteiger partial charge < -0.3 is 14.9 Å². The SMILES string of the molecule is Cc1cc(C)c(C(=O)N2CCN(C(=O)C(C)O)CC2)c(C)c1. The molecule has 0 bridgehead atoms. The maximum absolute atomic E-state index is 12.7. The molecule has 1 saturated heterocycles. The second kappa shape index (κ2) is 6.48. The van der Waals surface area contributed by atoms with Crippen LogP contribution in [-0.4, -0.2) is 59.0 Å². The standard InChI is InChI=1S/C17H24N2O3/c1-11-9-12(2)15(13(3)10-11)17(22)19-7-5-18(6-8-19)16(21)14(4)20/h9-10,14,20H,5-8H2,1-4H3. The number of hydrogen-bond acceptors (Lipinski definition) is 3. The molecule has 1 N–H and O–H groups in total. The molecule has 0 spiro atoms. The van der Waals surface area contributed by atoms with E-state index in [0.717, 1.165) is 22.3 Å². The van der Waals surface area contributed by atoms with Crippen LogP contribution in [0.1, 0.15) is 34.0 Å². The second-order valence-corrected chi connectivity index (χ2v) is 6.07. The molecule has 5 heteroatoms. The number of aliphatic hydroxyl groups is 1. The predicted molar refractivity (Wildman–Crippen MR) is 84.8 cm³/mol. The number of hydrogen-bond donors (Lipinski definition) is 1. The summed E-state index contributed by atoms with van der Waals surface area (Å²) in [5.41, 5.74) is 3.90. The van der Waals surface area contributed by atoms with Crippen molar-refractivity contribution in [2.45, 2.75) is 33.8 Å². The molecule has 1 aliphatic rings. The molecular formula is C17H24N2O3. The molecule has 1 atom stereocenters. The Balaban J connectivity index is 2.09. The van der Waals surface area contributed by atoms with Crippen LogP contribution in [0, 0.1) is 20.8 Å². The van der Waals surface area contributed by atoms with Crippen molar-refractivity contribution in [3.8, 4) is 0 Å². The third-order valence-electron chi connectivity index (χ3n) is 4.13. The summed E-state index contributed by atoms with van der Waals surface area (Å²) in [6.45, 7) is 9.36. The predicted octanol–water partition coefficient (Wildman–Crippen LogP) is 1.28. The molecule has 22 heavy (non-hydrogen) atoms. The quantitative estimate of drug-likeness (QED) is 0.895. The van der Waals surface area contributed by atoms with E-state index in [4.69, 9.17) is 0 Å². The van der Waals surface area contributed by atoms with Crippen LogP contribution in [0.3, 0.4) is 0 Å². The summed E-state index contributed by atoms with van der Waals surface area (Å²) in [6.07, 6.45) is -0.983. The van der Waals surface area contributed by atoms with E-state index in [-0.39, 0.29) is 11.8 Å². The van der Waals surface area contributed by atoms with Crippen molar-refractivity contribution in [2.24, 2.45) is 0 Å². The lowest BCUT2D eigenvalue weighted by atomic mass is 9.98. The van der Waals surface area contributed by atoms with Gasteiger partial charge >= 0.3 is 0 Å². The van der Waals surface area contributed by atoms with Crippen LogP contribution in [0.15, 0.2) is 12.1 Å². The van der Waals surface area contributed by atoms with Crippen LogP contribution < -0.4 is 0 Å². The monoisotopic (exact) mass is 304 g/mol. The van der Waals surface area contributed by atoms with Gasteiger partial charge in [0, 0.05) is 31.7 Å². The van der Waals surface area contributed by atoms with E-state index in [1.807, 2.05) is 32.9 Å². The van der Waals surface area contributed by atoms with E-state index < -0.39 is 6.10 Å². The Labute approximate surface area is 131 Å². The first-order valence-corrected chi connectivity index (χ1v) is 7.65. The average molecular weight is 304 g/mol. The molecule has 2 rings (SSSR count). The molecule has 1 aromatic carbocycles. The molecule has 1 aliphatic heterocycles. The molecule has 0 radical (unpaired) electrons. The molecular weight excluding hydrogens is 280 g/mol. The fraction of sp³-hybridized carbons (Fsp3) is 0.529. The molecule has 120 valence electrons. The number of carbonyl (C=O) groups excluding carboxylic acids is 2. The van der Waals surface area contributed by atoms with Gasteiger partial charge in [-0.2, -0.15) is 0 Å². The third kappa shape index (κ3) is 3.30. The molecule has 1 aromatic rings. The number of amides is 2. The summed E-state index contributed by atoms with van der Waals surface area (Å²) in [5.74, 6) is -0.242. The number of piperazine rings is 1. The van der Waals surface area contributed by atoms with Crippen LogP contribution in [0.25, 0.3) is 0 Å². The van der Waals surface area contributed by atoms with Gasteiger partial charge in [0.15, 0.2) is 0 Å². The van der Waals surface area contributed by atoms with Crippen LogP contribution in [0.2, 0.25) is 0 Å². The number of aliphatic hydroxyl groups excluding tert-OH is 1. The van der Waals surface area contributed by atoms with Gasteiger partial charge in [-0.3, -0.25) is 9.59 Å². The second-order valence-electron chi connectivity index (χ2n) is 6.07. The highest BCUT2D eigenvalue weighted by Crippen LogP contribution is 2.19. The van der Waals surface area contributed by atoms with Gasteiger partial charge in [-0.15, -0.1) is 0 Å². The van der Waals surface area contributed by atoms with Gasteiger partial charge in [0.05, 0.1) is 0 Å². The first-order valence-electron chi connectivity index (χ1n) is 7.65. The molecule has 0 aromatic heterocycles. The average Bonchev–Trinajstić information content (AvgIpc) is 2.45. The van der Waals surface area contributed by atoms with Crippen molar-refractivity contribution >= 4 is 11.8 Å². The largest absolute Gasteiger partial charge is 0.384 e. The summed E-state index contributed by atoms with van der Waals surface area (Å²) in [6, 6.07) is 4.04. The van der Waals surface area contributed by atoms with E-state index in [1.54, 1.807) is 9.80 Å². The van der Waals surface area contributed by atoms with Gasteiger partial charge in [0.1, 0.15) is 6.10 Å². The molecule has 1 unspecified atom stereocenters. The minimum Gasteiger partial charge on any atom is -0.384 e. The third-order valence-corrected chi connectivity index (χ3v) is 4.13. The fourth-order valence-corrected chi connectivity index (χ4v) is 3.07. The minimum absolute atomic E-state index is 0.0270. The zero-order valence-corrected chi connectivity index (χ0v) is 13.7. The van der Waals surface area contributed by atoms with E-state index >= 15 is 0 Å². The van der Waals surface area contributed by atoms with Crippen molar-refractivity contribution in [3.05, 3.63) is 34.4 Å². The van der Waals surface area contributed by atoms with Crippen LogP contribution in [0.5, 0.6) is 0 Å². The highest BCUT2D eigenvalue weighted by molar-refractivity contribution is 5.97. The molecule has 1 heterocycles. The Kier molecular flexibility index (Phi) is 4.86. The van der Waals surface area contributed by atoms with E-state index in [0.29, 0.717) is 26.2 Å². The van der Waals surface area contributed by atoms with Gasteiger partial charge in [0.2, 0.25) is 0 Å². The fourth-order valence-electron chi connectivity index (χ4n) is 3.07. The summed E-state index contributed by atoms with van der Waals surface area (Å²) < 4.78 is 0. The van der Waals surface area contributed by atoms with Crippen molar-refractivity contribution in [1.29, 1.82) is 0 Å². The number of carbonyl (C=O) groups is 2. The Morgan fingerprint density at radius 3 is 1.91 bits per heavy atom.